The van der Waals surface area contributed by atoms with Crippen molar-refractivity contribution in [2.75, 3.05) is 11.9 Å². The molecule has 0 bridgehead atoms. The largest absolute Gasteiger partial charge is 0.352 e. The maximum absolute atomic E-state index is 12.8. The molecular weight excluding hydrogens is 466 g/mol. The lowest BCUT2D eigenvalue weighted by Crippen LogP contribution is -2.33. The first-order chi connectivity index (χ1) is 17.4. The van der Waals surface area contributed by atoms with E-state index in [1.54, 1.807) is 0 Å². The van der Waals surface area contributed by atoms with E-state index in [2.05, 4.69) is 51.1 Å². The van der Waals surface area contributed by atoms with Crippen molar-refractivity contribution in [1.29, 1.82) is 0 Å². The SMILES string of the molecule is Cc1ccc(NC(=O)CCN2C(=S)N[C@H](c3ccccn3)[C@H]2c2cc(C)n(C3CCCC3)c2C)cc1. The first kappa shape index (κ1) is 24.5. The third-order valence-electron chi connectivity index (χ3n) is 7.64. The first-order valence-electron chi connectivity index (χ1n) is 13.0. The average Bonchev–Trinajstić information content (AvgIpc) is 3.58. The lowest BCUT2D eigenvalue weighted by Gasteiger charge is -2.28. The van der Waals surface area contributed by atoms with Crippen molar-refractivity contribution in [3.63, 3.8) is 0 Å². The molecule has 7 heteroatoms. The Morgan fingerprint density at radius 1 is 1.11 bits per heavy atom. The van der Waals surface area contributed by atoms with Gasteiger partial charge in [0.1, 0.15) is 0 Å². The molecule has 1 amide bonds. The minimum atomic E-state index is -0.0728. The summed E-state index contributed by atoms with van der Waals surface area (Å²) in [5.74, 6) is -0.0156. The highest BCUT2D eigenvalue weighted by Gasteiger charge is 2.41. The summed E-state index contributed by atoms with van der Waals surface area (Å²) in [5.41, 5.74) is 6.80. The zero-order valence-electron chi connectivity index (χ0n) is 21.3. The van der Waals surface area contributed by atoms with Gasteiger partial charge in [-0.05, 0) is 81.7 Å². The average molecular weight is 502 g/mol. The zero-order valence-corrected chi connectivity index (χ0v) is 22.1. The van der Waals surface area contributed by atoms with Crippen LogP contribution in [0.4, 0.5) is 5.69 Å². The normalized spacial score (nSPS) is 20.1. The molecule has 3 aromatic rings. The van der Waals surface area contributed by atoms with E-state index in [9.17, 15) is 4.79 Å². The molecule has 1 aliphatic carbocycles. The van der Waals surface area contributed by atoms with Gasteiger partial charge >= 0.3 is 0 Å². The fourth-order valence-electron chi connectivity index (χ4n) is 5.89. The molecule has 2 atom stereocenters. The molecule has 36 heavy (non-hydrogen) atoms. The Morgan fingerprint density at radius 2 is 1.86 bits per heavy atom. The smallest absolute Gasteiger partial charge is 0.226 e. The summed E-state index contributed by atoms with van der Waals surface area (Å²) >= 11 is 5.83. The van der Waals surface area contributed by atoms with E-state index in [0.29, 0.717) is 24.1 Å². The van der Waals surface area contributed by atoms with Crippen LogP contribution in [0.15, 0.2) is 54.7 Å². The van der Waals surface area contributed by atoms with Crippen LogP contribution in [-0.4, -0.2) is 32.0 Å². The molecule has 1 aliphatic heterocycles. The number of carbonyl (C=O) groups is 1. The number of pyridine rings is 1. The van der Waals surface area contributed by atoms with Gasteiger partial charge in [-0.15, -0.1) is 0 Å². The highest BCUT2D eigenvalue weighted by atomic mass is 32.1. The van der Waals surface area contributed by atoms with Crippen LogP contribution in [0, 0.1) is 20.8 Å². The summed E-state index contributed by atoms with van der Waals surface area (Å²) in [6, 6.07) is 16.7. The second-order valence-corrected chi connectivity index (χ2v) is 10.5. The van der Waals surface area contributed by atoms with E-state index < -0.39 is 0 Å². The topological polar surface area (TPSA) is 62.2 Å². The number of carbonyl (C=O) groups excluding carboxylic acids is 1. The molecule has 2 aromatic heterocycles. The van der Waals surface area contributed by atoms with Gasteiger partial charge in [0.15, 0.2) is 5.11 Å². The summed E-state index contributed by atoms with van der Waals surface area (Å²) in [7, 11) is 0. The highest BCUT2D eigenvalue weighted by molar-refractivity contribution is 7.80. The van der Waals surface area contributed by atoms with Gasteiger partial charge in [0.05, 0.1) is 17.8 Å². The predicted molar refractivity (Wildman–Crippen MR) is 148 cm³/mol. The number of hydrogen-bond acceptors (Lipinski definition) is 3. The molecule has 1 saturated heterocycles. The van der Waals surface area contributed by atoms with Crippen LogP contribution in [0.5, 0.6) is 0 Å². The molecule has 2 fully saturated rings. The molecule has 2 N–H and O–H groups in total. The maximum atomic E-state index is 12.8. The van der Waals surface area contributed by atoms with Gasteiger partial charge in [-0.25, -0.2) is 0 Å². The minimum Gasteiger partial charge on any atom is -0.352 e. The Balaban J connectivity index is 1.42. The summed E-state index contributed by atoms with van der Waals surface area (Å²) in [5, 5.41) is 7.22. The first-order valence-corrected chi connectivity index (χ1v) is 13.4. The summed E-state index contributed by atoms with van der Waals surface area (Å²) in [4.78, 5) is 19.7. The Morgan fingerprint density at radius 3 is 2.56 bits per heavy atom. The van der Waals surface area contributed by atoms with E-state index >= 15 is 0 Å². The minimum absolute atomic E-state index is 0.0156. The number of nitrogens with one attached hydrogen (secondary N) is 2. The molecule has 2 aliphatic rings. The van der Waals surface area contributed by atoms with Crippen LogP contribution in [0.1, 0.15) is 78.4 Å². The van der Waals surface area contributed by atoms with Crippen molar-refractivity contribution in [3.8, 4) is 0 Å². The van der Waals surface area contributed by atoms with Crippen molar-refractivity contribution in [2.24, 2.45) is 0 Å². The van der Waals surface area contributed by atoms with Crippen molar-refractivity contribution in [3.05, 3.63) is 82.9 Å². The van der Waals surface area contributed by atoms with Crippen molar-refractivity contribution < 1.29 is 4.79 Å². The van der Waals surface area contributed by atoms with E-state index in [-0.39, 0.29) is 18.0 Å². The zero-order chi connectivity index (χ0) is 25.2. The molecule has 3 heterocycles. The Bertz CT molecular complexity index is 1230. The van der Waals surface area contributed by atoms with Gasteiger partial charge < -0.3 is 20.1 Å². The molecule has 188 valence electrons. The molecule has 0 spiro atoms. The van der Waals surface area contributed by atoms with E-state index in [4.69, 9.17) is 12.2 Å². The van der Waals surface area contributed by atoms with Crippen LogP contribution in [0.3, 0.4) is 0 Å². The number of amides is 1. The van der Waals surface area contributed by atoms with E-state index in [1.165, 1.54) is 48.2 Å². The summed E-state index contributed by atoms with van der Waals surface area (Å²) < 4.78 is 2.53. The fourth-order valence-corrected chi connectivity index (χ4v) is 6.23. The fraction of sp³-hybridized carbons (Fsp3) is 0.414. The molecule has 5 rings (SSSR count). The molecule has 1 aromatic carbocycles. The number of benzene rings is 1. The third kappa shape index (κ3) is 4.89. The van der Waals surface area contributed by atoms with Crippen LogP contribution >= 0.6 is 12.2 Å². The van der Waals surface area contributed by atoms with Gasteiger partial charge in [0, 0.05) is 42.3 Å². The predicted octanol–water partition coefficient (Wildman–Crippen LogP) is 5.92. The van der Waals surface area contributed by atoms with Gasteiger partial charge in [-0.3, -0.25) is 9.78 Å². The second-order valence-electron chi connectivity index (χ2n) is 10.1. The quantitative estimate of drug-likeness (QED) is 0.393. The molecule has 0 unspecified atom stereocenters. The van der Waals surface area contributed by atoms with Gasteiger partial charge in [-0.1, -0.05) is 36.6 Å². The van der Waals surface area contributed by atoms with Gasteiger partial charge in [0.2, 0.25) is 5.91 Å². The molecule has 0 radical (unpaired) electrons. The van der Waals surface area contributed by atoms with Crippen molar-refractivity contribution >= 4 is 28.9 Å². The summed E-state index contributed by atoms with van der Waals surface area (Å²) in [6.45, 7) is 7.02. The second kappa shape index (κ2) is 10.4. The standard InChI is InChI=1S/C29H35N5OS/c1-19-11-13-22(14-12-19)31-26(35)15-17-33-28(27(32-29(33)36)25-10-6-7-16-30-25)24-18-20(2)34(21(24)3)23-8-4-5-9-23/h6-7,10-14,16,18,23,27-28H,4-5,8-9,15,17H2,1-3H3,(H,31,35)(H,32,36)/t27-,28-/m1/s1. The number of hydrogen-bond donors (Lipinski definition) is 2. The van der Waals surface area contributed by atoms with Gasteiger partial charge in [0.25, 0.3) is 0 Å². The van der Waals surface area contributed by atoms with Crippen molar-refractivity contribution in [2.45, 2.75) is 71.0 Å². The number of aryl methyl sites for hydroxylation is 2. The van der Waals surface area contributed by atoms with Crippen LogP contribution in [0.25, 0.3) is 0 Å². The van der Waals surface area contributed by atoms with Gasteiger partial charge in [-0.2, -0.15) is 0 Å². The maximum Gasteiger partial charge on any atom is 0.226 e. The highest BCUT2D eigenvalue weighted by Crippen LogP contribution is 2.43. The third-order valence-corrected chi connectivity index (χ3v) is 8.00. The lowest BCUT2D eigenvalue weighted by atomic mass is 9.96. The number of anilines is 1. The number of nitrogens with zero attached hydrogens (tertiary/aromatic N) is 3. The number of thiocarbonyl (C=S) groups is 1. The Hall–Kier alpha value is -3.19. The Kier molecular flexibility index (Phi) is 7.10. The van der Waals surface area contributed by atoms with Crippen LogP contribution in [-0.2, 0) is 4.79 Å². The van der Waals surface area contributed by atoms with E-state index in [0.717, 1.165) is 11.4 Å². The van der Waals surface area contributed by atoms with Crippen LogP contribution in [0.2, 0.25) is 0 Å². The number of rotatable bonds is 7. The molecular formula is C29H35N5OS. The summed E-state index contributed by atoms with van der Waals surface area (Å²) in [6.07, 6.45) is 7.25. The molecule has 1 saturated carbocycles. The monoisotopic (exact) mass is 501 g/mol. The number of aromatic nitrogens is 2. The van der Waals surface area contributed by atoms with Crippen LogP contribution < -0.4 is 10.6 Å². The Labute approximate surface area is 219 Å². The van der Waals surface area contributed by atoms with Crippen molar-refractivity contribution in [1.82, 2.24) is 19.8 Å². The molecule has 6 nitrogen and oxygen atoms in total. The van der Waals surface area contributed by atoms with E-state index in [1.807, 2.05) is 49.5 Å². The lowest BCUT2D eigenvalue weighted by molar-refractivity contribution is -0.116.